The molecule has 3 aromatic carbocycles. The van der Waals surface area contributed by atoms with Gasteiger partial charge >= 0.3 is 0 Å². The molecular formula is C24H25ClN2O4S. The Morgan fingerprint density at radius 3 is 2.41 bits per heavy atom. The molecule has 3 aromatic rings. The number of carbonyl (C=O) groups is 1. The Labute approximate surface area is 193 Å². The van der Waals surface area contributed by atoms with Crippen molar-refractivity contribution in [3.63, 3.8) is 0 Å². The number of carbonyl (C=O) groups excluding carboxylic acids is 1. The minimum absolute atomic E-state index is 0.0474. The molecule has 0 saturated carbocycles. The Morgan fingerprint density at radius 2 is 1.72 bits per heavy atom. The molecule has 0 aromatic heterocycles. The number of halogens is 1. The molecule has 0 atom stereocenters. The molecule has 1 amide bonds. The van der Waals surface area contributed by atoms with Crippen LogP contribution in [0, 0.1) is 6.92 Å². The molecule has 0 aliphatic heterocycles. The molecule has 0 bridgehead atoms. The van der Waals surface area contributed by atoms with E-state index in [2.05, 4.69) is 10.0 Å². The van der Waals surface area contributed by atoms with Gasteiger partial charge in [-0.05, 0) is 60.9 Å². The van der Waals surface area contributed by atoms with Crippen molar-refractivity contribution >= 4 is 33.2 Å². The summed E-state index contributed by atoms with van der Waals surface area (Å²) in [7, 11) is -3.88. The number of rotatable bonds is 9. The summed E-state index contributed by atoms with van der Waals surface area (Å²) < 4.78 is 33.5. The number of aryl methyl sites for hydroxylation is 1. The van der Waals surface area contributed by atoms with Crippen LogP contribution < -0.4 is 10.0 Å². The van der Waals surface area contributed by atoms with Crippen molar-refractivity contribution in [1.29, 1.82) is 0 Å². The Bertz CT molecular complexity index is 1190. The van der Waals surface area contributed by atoms with E-state index in [1.54, 1.807) is 18.2 Å². The predicted octanol–water partition coefficient (Wildman–Crippen LogP) is 4.92. The van der Waals surface area contributed by atoms with Gasteiger partial charge in [-0.15, -0.1) is 0 Å². The molecule has 0 saturated heterocycles. The van der Waals surface area contributed by atoms with E-state index in [0.29, 0.717) is 18.9 Å². The maximum Gasteiger partial charge on any atom is 0.261 e. The summed E-state index contributed by atoms with van der Waals surface area (Å²) in [5, 5.41) is 2.96. The van der Waals surface area contributed by atoms with Gasteiger partial charge in [-0.25, -0.2) is 8.42 Å². The molecule has 168 valence electrons. The molecular weight excluding hydrogens is 448 g/mol. The van der Waals surface area contributed by atoms with E-state index in [9.17, 15) is 13.2 Å². The first-order valence-electron chi connectivity index (χ1n) is 10.1. The zero-order chi connectivity index (χ0) is 23.1. The minimum Gasteiger partial charge on any atom is -0.377 e. The predicted molar refractivity (Wildman–Crippen MR) is 126 cm³/mol. The molecule has 0 radical (unpaired) electrons. The first-order valence-corrected chi connectivity index (χ1v) is 12.0. The van der Waals surface area contributed by atoms with Crippen LogP contribution in [0.25, 0.3) is 0 Å². The molecule has 0 aliphatic carbocycles. The minimum atomic E-state index is -3.88. The average molecular weight is 473 g/mol. The second kappa shape index (κ2) is 10.6. The third kappa shape index (κ3) is 6.32. The van der Waals surface area contributed by atoms with Crippen molar-refractivity contribution in [3.8, 4) is 0 Å². The summed E-state index contributed by atoms with van der Waals surface area (Å²) >= 11 is 6.18. The lowest BCUT2D eigenvalue weighted by Gasteiger charge is -2.12. The lowest BCUT2D eigenvalue weighted by molar-refractivity contribution is 0.0951. The van der Waals surface area contributed by atoms with E-state index < -0.39 is 15.9 Å². The van der Waals surface area contributed by atoms with Crippen LogP contribution in [-0.2, 0) is 27.9 Å². The van der Waals surface area contributed by atoms with Crippen molar-refractivity contribution in [2.24, 2.45) is 0 Å². The van der Waals surface area contributed by atoms with Crippen LogP contribution in [0.2, 0.25) is 5.02 Å². The van der Waals surface area contributed by atoms with E-state index in [1.165, 1.54) is 18.2 Å². The molecule has 0 unspecified atom stereocenters. The highest BCUT2D eigenvalue weighted by Gasteiger charge is 2.19. The van der Waals surface area contributed by atoms with Crippen LogP contribution >= 0.6 is 11.6 Å². The Morgan fingerprint density at radius 1 is 1.00 bits per heavy atom. The third-order valence-corrected chi connectivity index (χ3v) is 6.42. The smallest absolute Gasteiger partial charge is 0.261 e. The van der Waals surface area contributed by atoms with Crippen molar-refractivity contribution in [3.05, 3.63) is 94.0 Å². The summed E-state index contributed by atoms with van der Waals surface area (Å²) in [6.45, 7) is 5.27. The van der Waals surface area contributed by atoms with Gasteiger partial charge in [0.1, 0.15) is 0 Å². The summed E-state index contributed by atoms with van der Waals surface area (Å²) in [6, 6.07) is 18.8. The molecule has 0 heterocycles. The first-order chi connectivity index (χ1) is 15.3. The Kier molecular flexibility index (Phi) is 7.90. The van der Waals surface area contributed by atoms with Crippen molar-refractivity contribution in [1.82, 2.24) is 5.32 Å². The van der Waals surface area contributed by atoms with Gasteiger partial charge in [0.25, 0.3) is 15.9 Å². The van der Waals surface area contributed by atoms with E-state index in [-0.39, 0.29) is 22.0 Å². The van der Waals surface area contributed by atoms with Crippen molar-refractivity contribution < 1.29 is 17.9 Å². The number of nitrogens with one attached hydrogen (secondary N) is 2. The lowest BCUT2D eigenvalue weighted by Crippen LogP contribution is -2.24. The second-order valence-corrected chi connectivity index (χ2v) is 9.34. The molecule has 32 heavy (non-hydrogen) atoms. The van der Waals surface area contributed by atoms with E-state index in [4.69, 9.17) is 16.3 Å². The lowest BCUT2D eigenvalue weighted by atomic mass is 10.1. The monoisotopic (exact) mass is 472 g/mol. The fourth-order valence-electron chi connectivity index (χ4n) is 3.02. The fourth-order valence-corrected chi connectivity index (χ4v) is 4.30. The van der Waals surface area contributed by atoms with Gasteiger partial charge in [-0.2, -0.15) is 0 Å². The fraction of sp³-hybridized carbons (Fsp3) is 0.208. The number of benzene rings is 3. The van der Waals surface area contributed by atoms with E-state index in [1.807, 2.05) is 44.2 Å². The summed E-state index contributed by atoms with van der Waals surface area (Å²) in [5.41, 5.74) is 3.40. The highest BCUT2D eigenvalue weighted by Crippen LogP contribution is 2.23. The molecule has 2 N–H and O–H groups in total. The van der Waals surface area contributed by atoms with Gasteiger partial charge in [0, 0.05) is 18.8 Å². The second-order valence-electron chi connectivity index (χ2n) is 7.25. The number of anilines is 1. The Hall–Kier alpha value is -2.87. The van der Waals surface area contributed by atoms with Gasteiger partial charge in [0.15, 0.2) is 0 Å². The van der Waals surface area contributed by atoms with Gasteiger partial charge in [-0.1, -0.05) is 48.0 Å². The van der Waals surface area contributed by atoms with Crippen molar-refractivity contribution in [2.45, 2.75) is 31.9 Å². The topological polar surface area (TPSA) is 84.5 Å². The van der Waals surface area contributed by atoms with Crippen LogP contribution in [0.15, 0.2) is 71.6 Å². The van der Waals surface area contributed by atoms with Crippen molar-refractivity contribution in [2.75, 3.05) is 11.3 Å². The summed E-state index contributed by atoms with van der Waals surface area (Å²) in [5.74, 6) is -0.457. The molecule has 0 aliphatic rings. The van der Waals surface area contributed by atoms with E-state index >= 15 is 0 Å². The largest absolute Gasteiger partial charge is 0.377 e. The quantitative estimate of drug-likeness (QED) is 0.463. The molecule has 8 heteroatoms. The number of amides is 1. The molecule has 0 fully saturated rings. The third-order valence-electron chi connectivity index (χ3n) is 4.71. The molecule has 0 spiro atoms. The molecule has 6 nitrogen and oxygen atoms in total. The zero-order valence-corrected chi connectivity index (χ0v) is 19.5. The van der Waals surface area contributed by atoms with Crippen LogP contribution in [0.3, 0.4) is 0 Å². The van der Waals surface area contributed by atoms with Crippen LogP contribution in [0.5, 0.6) is 0 Å². The first kappa shape index (κ1) is 23.8. The molecule has 3 rings (SSSR count). The Balaban J connectivity index is 1.71. The van der Waals surface area contributed by atoms with Gasteiger partial charge in [0.2, 0.25) is 0 Å². The van der Waals surface area contributed by atoms with E-state index in [0.717, 1.165) is 16.7 Å². The van der Waals surface area contributed by atoms with Gasteiger partial charge < -0.3 is 10.1 Å². The highest BCUT2D eigenvalue weighted by molar-refractivity contribution is 7.92. The highest BCUT2D eigenvalue weighted by atomic mass is 35.5. The zero-order valence-electron chi connectivity index (χ0n) is 17.9. The van der Waals surface area contributed by atoms with Crippen LogP contribution in [0.4, 0.5) is 5.69 Å². The normalized spacial score (nSPS) is 11.2. The standard InChI is InChI=1S/C24H25ClN2O4S/c1-3-31-16-19-9-7-18(8-10-19)15-26-24(28)22-14-21(11-12-23(22)25)32(29,30)27-20-6-4-5-17(2)13-20/h4-14,27H,3,15-16H2,1-2H3,(H,26,28). The van der Waals surface area contributed by atoms with Crippen LogP contribution in [0.1, 0.15) is 34.0 Å². The van der Waals surface area contributed by atoms with Gasteiger partial charge in [0.05, 0.1) is 22.1 Å². The number of hydrogen-bond acceptors (Lipinski definition) is 4. The maximum absolute atomic E-state index is 12.8. The summed E-state index contributed by atoms with van der Waals surface area (Å²) in [6.07, 6.45) is 0. The number of sulfonamides is 1. The SMILES string of the molecule is CCOCc1ccc(CNC(=O)c2cc(S(=O)(=O)Nc3cccc(C)c3)ccc2Cl)cc1. The van der Waals surface area contributed by atoms with Gasteiger partial charge in [-0.3, -0.25) is 9.52 Å². The number of hydrogen-bond donors (Lipinski definition) is 2. The summed E-state index contributed by atoms with van der Waals surface area (Å²) in [4.78, 5) is 12.7. The van der Waals surface area contributed by atoms with Crippen LogP contribution in [-0.4, -0.2) is 20.9 Å². The average Bonchev–Trinajstić information content (AvgIpc) is 2.76. The number of ether oxygens (including phenoxy) is 1. The maximum atomic E-state index is 12.8.